The first kappa shape index (κ1) is 16.1. The zero-order chi connectivity index (χ0) is 11.1. The fraction of sp³-hybridized carbons (Fsp3) is 0.909. The van der Waals surface area contributed by atoms with Crippen LogP contribution in [0.1, 0.15) is 26.2 Å². The first-order chi connectivity index (χ1) is 7.27. The minimum Gasteiger partial charge on any atom is -0.352 e. The lowest BCUT2D eigenvalue weighted by molar-refractivity contribution is -0.126. The molecule has 3 nitrogen and oxygen atoms in total. The van der Waals surface area contributed by atoms with E-state index in [0.29, 0.717) is 6.04 Å². The van der Waals surface area contributed by atoms with Gasteiger partial charge in [-0.05, 0) is 38.6 Å². The van der Waals surface area contributed by atoms with E-state index in [9.17, 15) is 4.79 Å². The highest BCUT2D eigenvalue weighted by molar-refractivity contribution is 7.98. The molecule has 16 heavy (non-hydrogen) atoms. The summed E-state index contributed by atoms with van der Waals surface area (Å²) in [6, 6.07) is 0.349. The Hall–Kier alpha value is 0.0700. The van der Waals surface area contributed by atoms with Gasteiger partial charge in [-0.25, -0.2) is 0 Å². The molecule has 1 aliphatic heterocycles. The van der Waals surface area contributed by atoms with Crippen molar-refractivity contribution in [2.24, 2.45) is 5.92 Å². The molecule has 96 valence electrons. The van der Waals surface area contributed by atoms with Crippen LogP contribution in [0.3, 0.4) is 0 Å². The van der Waals surface area contributed by atoms with Gasteiger partial charge in [0.25, 0.3) is 0 Å². The van der Waals surface area contributed by atoms with Crippen LogP contribution < -0.4 is 10.6 Å². The Bertz CT molecular complexity index is 198. The number of carbonyl (C=O) groups is 1. The molecule has 1 atom stereocenters. The van der Waals surface area contributed by atoms with Crippen molar-refractivity contribution in [3.05, 3.63) is 0 Å². The Morgan fingerprint density at radius 2 is 2.12 bits per heavy atom. The molecule has 1 amide bonds. The second-order valence-electron chi connectivity index (χ2n) is 4.09. The van der Waals surface area contributed by atoms with Crippen LogP contribution in [0.25, 0.3) is 0 Å². The molecule has 1 aliphatic rings. The Kier molecular flexibility index (Phi) is 9.18. The quantitative estimate of drug-likeness (QED) is 0.795. The van der Waals surface area contributed by atoms with E-state index in [1.807, 2.05) is 0 Å². The SMILES string of the molecule is CCC(CSC)NC(=O)C1CCNCC1.Cl. The van der Waals surface area contributed by atoms with E-state index in [-0.39, 0.29) is 24.2 Å². The summed E-state index contributed by atoms with van der Waals surface area (Å²) in [6.07, 6.45) is 5.08. The third-order valence-electron chi connectivity index (χ3n) is 2.92. The van der Waals surface area contributed by atoms with Gasteiger partial charge in [0.05, 0.1) is 0 Å². The molecule has 5 heteroatoms. The fourth-order valence-electron chi connectivity index (χ4n) is 1.87. The summed E-state index contributed by atoms with van der Waals surface area (Å²) in [6.45, 7) is 4.10. The summed E-state index contributed by atoms with van der Waals surface area (Å²) < 4.78 is 0. The molecule has 1 rings (SSSR count). The van der Waals surface area contributed by atoms with E-state index in [0.717, 1.165) is 38.1 Å². The second-order valence-corrected chi connectivity index (χ2v) is 5.00. The number of nitrogens with one attached hydrogen (secondary N) is 2. The predicted molar refractivity (Wildman–Crippen MR) is 73.4 cm³/mol. The molecule has 2 N–H and O–H groups in total. The number of hydrogen-bond donors (Lipinski definition) is 2. The van der Waals surface area contributed by atoms with E-state index in [1.165, 1.54) is 0 Å². The highest BCUT2D eigenvalue weighted by Gasteiger charge is 2.22. The molecule has 1 heterocycles. The maximum atomic E-state index is 11.9. The van der Waals surface area contributed by atoms with Gasteiger partial charge in [0, 0.05) is 17.7 Å². The lowest BCUT2D eigenvalue weighted by Crippen LogP contribution is -2.43. The van der Waals surface area contributed by atoms with E-state index in [2.05, 4.69) is 23.8 Å². The van der Waals surface area contributed by atoms with Crippen molar-refractivity contribution in [3.8, 4) is 0 Å². The smallest absolute Gasteiger partial charge is 0.223 e. The van der Waals surface area contributed by atoms with Crippen molar-refractivity contribution < 1.29 is 4.79 Å². The second kappa shape index (κ2) is 9.14. The van der Waals surface area contributed by atoms with Gasteiger partial charge >= 0.3 is 0 Å². The zero-order valence-electron chi connectivity index (χ0n) is 10.1. The highest BCUT2D eigenvalue weighted by atomic mass is 35.5. The number of rotatable bonds is 5. The molecule has 0 aromatic heterocycles. The summed E-state index contributed by atoms with van der Waals surface area (Å²) in [5.74, 6) is 1.52. The number of amides is 1. The molecule has 0 aromatic rings. The van der Waals surface area contributed by atoms with E-state index in [4.69, 9.17) is 0 Å². The Morgan fingerprint density at radius 1 is 1.50 bits per heavy atom. The van der Waals surface area contributed by atoms with Crippen molar-refractivity contribution in [1.82, 2.24) is 10.6 Å². The van der Waals surface area contributed by atoms with Crippen molar-refractivity contribution >= 4 is 30.1 Å². The number of carbonyl (C=O) groups excluding carboxylic acids is 1. The first-order valence-electron chi connectivity index (χ1n) is 5.78. The fourth-order valence-corrected chi connectivity index (χ4v) is 2.59. The molecule has 1 fully saturated rings. The molecule has 0 bridgehead atoms. The Labute approximate surface area is 109 Å². The summed E-state index contributed by atoms with van der Waals surface area (Å²) in [5.41, 5.74) is 0. The molecule has 1 unspecified atom stereocenters. The monoisotopic (exact) mass is 266 g/mol. The lowest BCUT2D eigenvalue weighted by atomic mass is 9.97. The lowest BCUT2D eigenvalue weighted by Gasteiger charge is -2.24. The third-order valence-corrected chi connectivity index (χ3v) is 3.65. The van der Waals surface area contributed by atoms with Crippen molar-refractivity contribution in [2.75, 3.05) is 25.1 Å². The molecule has 0 aromatic carbocycles. The van der Waals surface area contributed by atoms with Crippen molar-refractivity contribution in [3.63, 3.8) is 0 Å². The van der Waals surface area contributed by atoms with Gasteiger partial charge in [-0.3, -0.25) is 4.79 Å². The number of thioether (sulfide) groups is 1. The molecule has 0 spiro atoms. The first-order valence-corrected chi connectivity index (χ1v) is 7.17. The number of halogens is 1. The van der Waals surface area contributed by atoms with Crippen LogP contribution in [0.4, 0.5) is 0 Å². The molecule has 0 radical (unpaired) electrons. The molecular formula is C11H23ClN2OS. The van der Waals surface area contributed by atoms with Crippen LogP contribution in [-0.2, 0) is 4.79 Å². The molecule has 1 saturated heterocycles. The van der Waals surface area contributed by atoms with Crippen molar-refractivity contribution in [1.29, 1.82) is 0 Å². The molecule has 0 saturated carbocycles. The van der Waals surface area contributed by atoms with Crippen LogP contribution in [0.15, 0.2) is 0 Å². The van der Waals surface area contributed by atoms with Crippen LogP contribution in [0, 0.1) is 5.92 Å². The summed E-state index contributed by atoms with van der Waals surface area (Å²) in [7, 11) is 0. The number of piperidine rings is 1. The zero-order valence-corrected chi connectivity index (χ0v) is 11.8. The summed E-state index contributed by atoms with van der Waals surface area (Å²) in [4.78, 5) is 11.9. The Morgan fingerprint density at radius 3 is 2.62 bits per heavy atom. The molecule has 0 aliphatic carbocycles. The van der Waals surface area contributed by atoms with Gasteiger partial charge in [0.1, 0.15) is 0 Å². The van der Waals surface area contributed by atoms with Crippen LogP contribution in [0.5, 0.6) is 0 Å². The van der Waals surface area contributed by atoms with Crippen LogP contribution >= 0.6 is 24.2 Å². The minimum atomic E-state index is 0. The van der Waals surface area contributed by atoms with Gasteiger partial charge in [-0.2, -0.15) is 11.8 Å². The van der Waals surface area contributed by atoms with Gasteiger partial charge in [0.15, 0.2) is 0 Å². The third kappa shape index (κ3) is 5.41. The number of hydrogen-bond acceptors (Lipinski definition) is 3. The topological polar surface area (TPSA) is 41.1 Å². The van der Waals surface area contributed by atoms with E-state index < -0.39 is 0 Å². The standard InChI is InChI=1S/C11H22N2OS.ClH/c1-3-10(8-15-2)13-11(14)9-4-6-12-7-5-9;/h9-10,12H,3-8H2,1-2H3,(H,13,14);1H. The average molecular weight is 267 g/mol. The Balaban J connectivity index is 0.00000225. The normalized spacial score (nSPS) is 18.6. The summed E-state index contributed by atoms with van der Waals surface area (Å²) in [5, 5.41) is 6.43. The van der Waals surface area contributed by atoms with Gasteiger partial charge in [-0.1, -0.05) is 6.92 Å². The molecular weight excluding hydrogens is 244 g/mol. The average Bonchev–Trinajstić information content (AvgIpc) is 2.29. The summed E-state index contributed by atoms with van der Waals surface area (Å²) >= 11 is 1.80. The maximum absolute atomic E-state index is 11.9. The van der Waals surface area contributed by atoms with Gasteiger partial charge in [0.2, 0.25) is 5.91 Å². The highest BCUT2D eigenvalue weighted by Crippen LogP contribution is 2.12. The minimum absolute atomic E-state index is 0. The van der Waals surface area contributed by atoms with Gasteiger partial charge < -0.3 is 10.6 Å². The van der Waals surface area contributed by atoms with Crippen LogP contribution in [0.2, 0.25) is 0 Å². The largest absolute Gasteiger partial charge is 0.352 e. The van der Waals surface area contributed by atoms with Crippen LogP contribution in [-0.4, -0.2) is 37.0 Å². The van der Waals surface area contributed by atoms with E-state index in [1.54, 1.807) is 11.8 Å². The maximum Gasteiger partial charge on any atom is 0.223 e. The predicted octanol–water partition coefficient (Wildman–Crippen LogP) is 1.67. The van der Waals surface area contributed by atoms with Gasteiger partial charge in [-0.15, -0.1) is 12.4 Å². The van der Waals surface area contributed by atoms with Crippen molar-refractivity contribution in [2.45, 2.75) is 32.2 Å². The van der Waals surface area contributed by atoms with E-state index >= 15 is 0 Å².